The molecule has 1 N–H and O–H groups in total. The van der Waals surface area contributed by atoms with Gasteiger partial charge in [0.15, 0.2) is 0 Å². The van der Waals surface area contributed by atoms with E-state index in [1.807, 2.05) is 90.8 Å². The second-order valence-electron chi connectivity index (χ2n) is 10.3. The highest BCUT2D eigenvalue weighted by molar-refractivity contribution is 5.79. The molecule has 0 bridgehead atoms. The molecule has 2 heterocycles. The van der Waals surface area contributed by atoms with Crippen molar-refractivity contribution in [2.45, 2.75) is 38.0 Å². The van der Waals surface area contributed by atoms with Crippen LogP contribution in [0.2, 0.25) is 0 Å². The van der Waals surface area contributed by atoms with Crippen LogP contribution in [0.3, 0.4) is 0 Å². The van der Waals surface area contributed by atoms with Crippen molar-refractivity contribution in [1.82, 2.24) is 14.8 Å². The molecule has 40 heavy (non-hydrogen) atoms. The molecule has 8 heteroatoms. The van der Waals surface area contributed by atoms with Gasteiger partial charge in [-0.3, -0.25) is 4.98 Å². The van der Waals surface area contributed by atoms with Gasteiger partial charge in [0.2, 0.25) is 5.60 Å². The van der Waals surface area contributed by atoms with E-state index in [0.717, 1.165) is 22.2 Å². The zero-order chi connectivity index (χ0) is 28.1. The second kappa shape index (κ2) is 11.7. The fourth-order valence-corrected chi connectivity index (χ4v) is 4.95. The van der Waals surface area contributed by atoms with Crippen molar-refractivity contribution in [2.24, 2.45) is 0 Å². The maximum absolute atomic E-state index is 12.9. The normalized spacial score (nSPS) is 16.6. The molecule has 0 unspecified atom stereocenters. The predicted molar refractivity (Wildman–Crippen MR) is 152 cm³/mol. The summed E-state index contributed by atoms with van der Waals surface area (Å²) in [5, 5.41) is 10.9. The Labute approximate surface area is 233 Å². The monoisotopic (exact) mass is 539 g/mol. The largest absolute Gasteiger partial charge is 0.494 e. The Balaban J connectivity index is 1.13. The maximum atomic E-state index is 12.9. The Morgan fingerprint density at radius 1 is 0.975 bits per heavy atom. The SMILES string of the molecule is CN1C(=O)N(Cc2ccc3ccccc3n2)C[C@@H]1CCOc1ccc(C[C@](C)(Oc2ccccc2)C(=O)O)cc1. The third kappa shape index (κ3) is 6.17. The van der Waals surface area contributed by atoms with Gasteiger partial charge in [-0.05, 0) is 48.9 Å². The van der Waals surface area contributed by atoms with E-state index >= 15 is 0 Å². The fraction of sp³-hybridized carbons (Fsp3) is 0.281. The lowest BCUT2D eigenvalue weighted by atomic mass is 9.96. The molecule has 4 aromatic rings. The van der Waals surface area contributed by atoms with Crippen molar-refractivity contribution >= 4 is 22.9 Å². The summed E-state index contributed by atoms with van der Waals surface area (Å²) in [4.78, 5) is 33.2. The van der Waals surface area contributed by atoms with Crippen molar-refractivity contribution in [1.29, 1.82) is 0 Å². The summed E-state index contributed by atoms with van der Waals surface area (Å²) < 4.78 is 11.8. The number of carboxylic acids is 1. The highest BCUT2D eigenvalue weighted by atomic mass is 16.5. The molecule has 1 aromatic heterocycles. The Bertz CT molecular complexity index is 1480. The summed E-state index contributed by atoms with van der Waals surface area (Å²) in [5.41, 5.74) is 1.21. The number of likely N-dealkylation sites (N-methyl/N-ethyl adjacent to an activating group) is 1. The predicted octanol–water partition coefficient (Wildman–Crippen LogP) is 5.40. The topological polar surface area (TPSA) is 92.2 Å². The fourth-order valence-electron chi connectivity index (χ4n) is 4.95. The van der Waals surface area contributed by atoms with Crippen molar-refractivity contribution in [2.75, 3.05) is 20.2 Å². The van der Waals surface area contributed by atoms with Crippen molar-refractivity contribution in [3.8, 4) is 11.5 Å². The molecule has 0 spiro atoms. The molecule has 0 saturated carbocycles. The Hall–Kier alpha value is -4.59. The number of ether oxygens (including phenoxy) is 2. The van der Waals surface area contributed by atoms with E-state index in [0.29, 0.717) is 37.6 Å². The van der Waals surface area contributed by atoms with Gasteiger partial charge in [0.1, 0.15) is 11.5 Å². The molecule has 5 rings (SSSR count). The number of nitrogens with zero attached hydrogens (tertiary/aromatic N) is 3. The van der Waals surface area contributed by atoms with Crippen LogP contribution in [-0.4, -0.2) is 63.7 Å². The van der Waals surface area contributed by atoms with Crippen LogP contribution in [-0.2, 0) is 17.8 Å². The number of carbonyl (C=O) groups excluding carboxylic acids is 1. The molecule has 3 aromatic carbocycles. The van der Waals surface area contributed by atoms with E-state index in [1.165, 1.54) is 0 Å². The number of pyridine rings is 1. The van der Waals surface area contributed by atoms with Crippen molar-refractivity contribution < 1.29 is 24.2 Å². The molecule has 206 valence electrons. The van der Waals surface area contributed by atoms with Gasteiger partial charge >= 0.3 is 12.0 Å². The number of carbonyl (C=O) groups is 2. The van der Waals surface area contributed by atoms with E-state index in [4.69, 9.17) is 14.5 Å². The number of hydrogen-bond donors (Lipinski definition) is 1. The van der Waals surface area contributed by atoms with Gasteiger partial charge in [-0.1, -0.05) is 54.6 Å². The lowest BCUT2D eigenvalue weighted by Gasteiger charge is -2.26. The highest BCUT2D eigenvalue weighted by Crippen LogP contribution is 2.25. The van der Waals surface area contributed by atoms with Gasteiger partial charge < -0.3 is 24.4 Å². The number of hydrogen-bond acceptors (Lipinski definition) is 5. The van der Waals surface area contributed by atoms with Gasteiger partial charge in [0, 0.05) is 31.8 Å². The minimum Gasteiger partial charge on any atom is -0.494 e. The smallest absolute Gasteiger partial charge is 0.348 e. The first-order valence-electron chi connectivity index (χ1n) is 13.4. The number of rotatable bonds is 11. The number of aliphatic carboxylic acids is 1. The first-order valence-corrected chi connectivity index (χ1v) is 13.4. The Morgan fingerprint density at radius 3 is 2.45 bits per heavy atom. The van der Waals surface area contributed by atoms with Crippen molar-refractivity contribution in [3.05, 3.63) is 102 Å². The molecule has 0 radical (unpaired) electrons. The van der Waals surface area contributed by atoms with E-state index in [2.05, 4.69) is 0 Å². The number of fused-ring (bicyclic) bond motifs is 1. The molecular formula is C32H33N3O5. The Morgan fingerprint density at radius 2 is 1.70 bits per heavy atom. The number of aromatic nitrogens is 1. The average molecular weight is 540 g/mol. The average Bonchev–Trinajstić information content (AvgIpc) is 3.22. The molecule has 2 atom stereocenters. The number of para-hydroxylation sites is 2. The van der Waals surface area contributed by atoms with Crippen LogP contribution < -0.4 is 9.47 Å². The summed E-state index contributed by atoms with van der Waals surface area (Å²) >= 11 is 0. The molecular weight excluding hydrogens is 506 g/mol. The quantitative estimate of drug-likeness (QED) is 0.274. The highest BCUT2D eigenvalue weighted by Gasteiger charge is 2.36. The molecule has 8 nitrogen and oxygen atoms in total. The molecule has 1 fully saturated rings. The summed E-state index contributed by atoms with van der Waals surface area (Å²) in [7, 11) is 1.83. The maximum Gasteiger partial charge on any atom is 0.348 e. The van der Waals surface area contributed by atoms with E-state index in [-0.39, 0.29) is 18.5 Å². The summed E-state index contributed by atoms with van der Waals surface area (Å²) in [6, 6.07) is 28.3. The van der Waals surface area contributed by atoms with E-state index < -0.39 is 11.6 Å². The lowest BCUT2D eigenvalue weighted by Crippen LogP contribution is -2.43. The lowest BCUT2D eigenvalue weighted by molar-refractivity contribution is -0.153. The second-order valence-corrected chi connectivity index (χ2v) is 10.3. The minimum atomic E-state index is -1.41. The van der Waals surface area contributed by atoms with Crippen LogP contribution in [0, 0.1) is 0 Å². The summed E-state index contributed by atoms with van der Waals surface area (Å²) in [5.74, 6) is 0.168. The third-order valence-electron chi connectivity index (χ3n) is 7.28. The number of benzene rings is 3. The van der Waals surface area contributed by atoms with Gasteiger partial charge in [0.25, 0.3) is 0 Å². The standard InChI is InChI=1S/C32H33N3O5/c1-32(30(36)37,40-28-9-4-3-5-10-28)20-23-12-16-27(17-13-23)39-19-18-26-22-35(31(38)34(26)2)21-25-15-14-24-8-6-7-11-29(24)33-25/h3-17,26H,18-22H2,1-2H3,(H,36,37)/t26-,32-/m0/s1. The van der Waals surface area contributed by atoms with Crippen LogP contribution in [0.25, 0.3) is 10.9 Å². The van der Waals surface area contributed by atoms with Crippen LogP contribution in [0.4, 0.5) is 4.79 Å². The van der Waals surface area contributed by atoms with Gasteiger partial charge in [-0.2, -0.15) is 0 Å². The van der Waals surface area contributed by atoms with E-state index in [1.54, 1.807) is 24.0 Å². The zero-order valence-electron chi connectivity index (χ0n) is 22.7. The summed E-state index contributed by atoms with van der Waals surface area (Å²) in [6.45, 7) is 3.11. The molecule has 2 amide bonds. The first kappa shape index (κ1) is 27.0. The van der Waals surface area contributed by atoms with Crippen LogP contribution >= 0.6 is 0 Å². The van der Waals surface area contributed by atoms with Gasteiger partial charge in [-0.25, -0.2) is 9.59 Å². The third-order valence-corrected chi connectivity index (χ3v) is 7.28. The van der Waals surface area contributed by atoms with Gasteiger partial charge in [-0.15, -0.1) is 0 Å². The summed E-state index contributed by atoms with van der Waals surface area (Å²) in [6.07, 6.45) is 0.891. The number of urea groups is 1. The Kier molecular flexibility index (Phi) is 7.86. The number of amides is 2. The van der Waals surface area contributed by atoms with Gasteiger partial charge in [0.05, 0.1) is 30.4 Å². The van der Waals surface area contributed by atoms with Crippen LogP contribution in [0.5, 0.6) is 11.5 Å². The van der Waals surface area contributed by atoms with Crippen molar-refractivity contribution in [3.63, 3.8) is 0 Å². The van der Waals surface area contributed by atoms with Crippen LogP contribution in [0.15, 0.2) is 91.0 Å². The van der Waals surface area contributed by atoms with E-state index in [9.17, 15) is 14.7 Å². The molecule has 1 aliphatic rings. The first-order chi connectivity index (χ1) is 19.3. The minimum absolute atomic E-state index is 0.0106. The van der Waals surface area contributed by atoms with Crippen LogP contribution in [0.1, 0.15) is 24.6 Å². The molecule has 1 aliphatic heterocycles. The zero-order valence-corrected chi connectivity index (χ0v) is 22.7. The number of carboxylic acid groups (broad SMARTS) is 1. The molecule has 0 aliphatic carbocycles. The molecule has 1 saturated heterocycles.